The molecule has 3 aromatic rings. The summed E-state index contributed by atoms with van der Waals surface area (Å²) in [6.07, 6.45) is 1.62. The van der Waals surface area contributed by atoms with Crippen LogP contribution in [0.1, 0.15) is 34.7 Å². The molecule has 0 heterocycles. The van der Waals surface area contributed by atoms with Crippen molar-refractivity contribution in [3.63, 3.8) is 0 Å². The first-order valence-corrected chi connectivity index (χ1v) is 11.1. The first kappa shape index (κ1) is 24.8. The normalized spacial score (nSPS) is 12.4. The third-order valence-corrected chi connectivity index (χ3v) is 5.93. The van der Waals surface area contributed by atoms with Gasteiger partial charge in [0.2, 0.25) is 0 Å². The van der Waals surface area contributed by atoms with Gasteiger partial charge in [0.25, 0.3) is 0 Å². The van der Waals surface area contributed by atoms with E-state index < -0.39 is 0 Å². The standard InChI is InChI=1S/C26H25Cl2N2O3/c1-17(26(33-29)23-6-4-3-5-21(23)16-31)25(30-32-2)20-11-8-18(9-12-20)7-10-19-13-14-22(27)15-24(19)28/h3-6,8-9,11-15H,7,10,16,29H2,1-2H3. The average Bonchev–Trinajstić information content (AvgIpc) is 2.83. The highest BCUT2D eigenvalue weighted by Gasteiger charge is 2.18. The molecule has 3 aromatic carbocycles. The summed E-state index contributed by atoms with van der Waals surface area (Å²) in [6, 6.07) is 20.7. The van der Waals surface area contributed by atoms with E-state index >= 15 is 0 Å². The van der Waals surface area contributed by atoms with Gasteiger partial charge in [0.15, 0.2) is 5.76 Å². The van der Waals surface area contributed by atoms with Crippen LogP contribution in [0.3, 0.4) is 0 Å². The van der Waals surface area contributed by atoms with Gasteiger partial charge in [0, 0.05) is 26.7 Å². The maximum absolute atomic E-state index is 11.6. The van der Waals surface area contributed by atoms with E-state index in [1.54, 1.807) is 24.3 Å². The zero-order valence-electron chi connectivity index (χ0n) is 18.5. The predicted molar refractivity (Wildman–Crippen MR) is 133 cm³/mol. The lowest BCUT2D eigenvalue weighted by molar-refractivity contribution is 0.176. The molecule has 0 atom stereocenters. The lowest BCUT2D eigenvalue weighted by Gasteiger charge is -2.15. The Kier molecular flexibility index (Phi) is 8.92. The highest BCUT2D eigenvalue weighted by molar-refractivity contribution is 6.35. The van der Waals surface area contributed by atoms with E-state index in [-0.39, 0.29) is 6.61 Å². The van der Waals surface area contributed by atoms with Crippen molar-refractivity contribution in [2.75, 3.05) is 7.11 Å². The molecule has 0 amide bonds. The molecule has 33 heavy (non-hydrogen) atoms. The highest BCUT2D eigenvalue weighted by atomic mass is 35.5. The molecule has 0 saturated heterocycles. The largest absolute Gasteiger partial charge is 0.411 e. The third kappa shape index (κ3) is 6.15. The summed E-state index contributed by atoms with van der Waals surface area (Å²) in [4.78, 5) is 10.3. The predicted octanol–water partition coefficient (Wildman–Crippen LogP) is 6.38. The van der Waals surface area contributed by atoms with E-state index in [9.17, 15) is 5.11 Å². The van der Waals surface area contributed by atoms with E-state index in [0.717, 1.165) is 29.5 Å². The van der Waals surface area contributed by atoms with E-state index in [0.29, 0.717) is 38.2 Å². The monoisotopic (exact) mass is 483 g/mol. The second kappa shape index (κ2) is 11.9. The first-order valence-electron chi connectivity index (χ1n) is 10.4. The number of hydrogen-bond acceptors (Lipinski definition) is 4. The van der Waals surface area contributed by atoms with Crippen LogP contribution in [-0.2, 0) is 34.2 Å². The van der Waals surface area contributed by atoms with Crippen molar-refractivity contribution in [3.8, 4) is 0 Å². The Labute approximate surface area is 204 Å². The molecule has 0 aromatic heterocycles. The van der Waals surface area contributed by atoms with Crippen molar-refractivity contribution < 1.29 is 14.8 Å². The number of nitrogens with zero attached hydrogens (tertiary/aromatic N) is 1. The second-order valence-electron chi connectivity index (χ2n) is 7.43. The lowest BCUT2D eigenvalue weighted by atomic mass is 9.96. The quantitative estimate of drug-likeness (QED) is 0.218. The van der Waals surface area contributed by atoms with Crippen LogP contribution in [-0.4, -0.2) is 12.8 Å². The van der Waals surface area contributed by atoms with Crippen molar-refractivity contribution >= 4 is 34.7 Å². The molecule has 1 radical (unpaired) electrons. The zero-order chi connectivity index (χ0) is 23.8. The van der Waals surface area contributed by atoms with Crippen LogP contribution < -0.4 is 5.90 Å². The molecule has 0 unspecified atom stereocenters. The summed E-state index contributed by atoms with van der Waals surface area (Å²) in [5.74, 6) is 5.98. The van der Waals surface area contributed by atoms with Crippen molar-refractivity contribution in [1.82, 2.24) is 0 Å². The van der Waals surface area contributed by atoms with Crippen LogP contribution in [0.2, 0.25) is 10.0 Å². The lowest BCUT2D eigenvalue weighted by Crippen LogP contribution is -2.11. The molecule has 0 aliphatic rings. The molecule has 0 aliphatic carbocycles. The number of hydrogen-bond donors (Lipinski definition) is 1. The van der Waals surface area contributed by atoms with E-state index in [1.807, 2.05) is 49.4 Å². The third-order valence-electron chi connectivity index (χ3n) is 5.34. The summed E-state index contributed by atoms with van der Waals surface area (Å²) in [5, 5.41) is 17.1. The van der Waals surface area contributed by atoms with E-state index in [4.69, 9.17) is 38.8 Å². The molecule has 0 spiro atoms. The Morgan fingerprint density at radius 2 is 1.70 bits per heavy atom. The van der Waals surface area contributed by atoms with E-state index in [1.165, 1.54) is 7.11 Å². The Hall–Kier alpha value is -2.83. The van der Waals surface area contributed by atoms with Crippen molar-refractivity contribution in [2.45, 2.75) is 26.4 Å². The van der Waals surface area contributed by atoms with Gasteiger partial charge >= 0.3 is 0 Å². The van der Waals surface area contributed by atoms with Crippen LogP contribution in [0.5, 0.6) is 0 Å². The van der Waals surface area contributed by atoms with Gasteiger partial charge in [-0.1, -0.05) is 83.0 Å². The van der Waals surface area contributed by atoms with Crippen LogP contribution in [0.15, 0.2) is 77.5 Å². The number of rotatable bonds is 9. The molecular weight excluding hydrogens is 459 g/mol. The maximum atomic E-state index is 11.6. The molecular formula is C26H25Cl2N2O3. The van der Waals surface area contributed by atoms with Gasteiger partial charge in [-0.3, -0.25) is 0 Å². The number of nitrogens with two attached hydrogens (primary N) is 1. The van der Waals surface area contributed by atoms with Gasteiger partial charge in [-0.05, 0) is 48.6 Å². The zero-order valence-corrected chi connectivity index (χ0v) is 20.0. The smallest absolute Gasteiger partial charge is 0.159 e. The molecule has 171 valence electrons. The number of oxime groups is 1. The number of allylic oxidation sites excluding steroid dienone is 1. The Bertz CT molecular complexity index is 1160. The second-order valence-corrected chi connectivity index (χ2v) is 8.27. The van der Waals surface area contributed by atoms with Crippen LogP contribution >= 0.6 is 23.2 Å². The minimum absolute atomic E-state index is 0.374. The Morgan fingerprint density at radius 3 is 2.33 bits per heavy atom. The van der Waals surface area contributed by atoms with Crippen molar-refractivity contribution in [1.29, 1.82) is 0 Å². The van der Waals surface area contributed by atoms with Gasteiger partial charge in [0.05, 0.1) is 0 Å². The molecule has 3 rings (SSSR count). The minimum Gasteiger partial charge on any atom is -0.411 e. The van der Waals surface area contributed by atoms with E-state index in [2.05, 4.69) is 5.16 Å². The van der Waals surface area contributed by atoms with Crippen LogP contribution in [0.25, 0.3) is 5.76 Å². The van der Waals surface area contributed by atoms with Crippen LogP contribution in [0.4, 0.5) is 0 Å². The molecule has 0 aliphatic heterocycles. The SMILES string of the molecule is CON=C(C(C)=C(ON)c1ccccc1C[O])c1ccc(CCc2ccc(Cl)cc2Cl)cc1. The topological polar surface area (TPSA) is 76.7 Å². The highest BCUT2D eigenvalue weighted by Crippen LogP contribution is 2.26. The summed E-state index contributed by atoms with van der Waals surface area (Å²) < 4.78 is 0. The Balaban J connectivity index is 1.87. The molecule has 0 bridgehead atoms. The molecule has 0 fully saturated rings. The number of benzene rings is 3. The van der Waals surface area contributed by atoms with Gasteiger partial charge in [-0.15, -0.1) is 0 Å². The van der Waals surface area contributed by atoms with Crippen molar-refractivity contribution in [3.05, 3.63) is 110 Å². The van der Waals surface area contributed by atoms with Gasteiger partial charge in [-0.25, -0.2) is 5.11 Å². The van der Waals surface area contributed by atoms with Crippen LogP contribution in [0, 0.1) is 0 Å². The van der Waals surface area contributed by atoms with Gasteiger partial charge in [-0.2, -0.15) is 5.90 Å². The van der Waals surface area contributed by atoms with Gasteiger partial charge in [0.1, 0.15) is 19.4 Å². The molecule has 0 saturated carbocycles. The minimum atomic E-state index is -0.389. The first-order chi connectivity index (χ1) is 16.0. The fraction of sp³-hybridized carbons (Fsp3) is 0.192. The average molecular weight is 484 g/mol. The molecule has 2 N–H and O–H groups in total. The molecule has 5 nitrogen and oxygen atoms in total. The van der Waals surface area contributed by atoms with Gasteiger partial charge < -0.3 is 9.68 Å². The molecule has 7 heteroatoms. The fourth-order valence-corrected chi connectivity index (χ4v) is 4.09. The fourth-order valence-electron chi connectivity index (χ4n) is 3.59. The summed E-state index contributed by atoms with van der Waals surface area (Å²) >= 11 is 12.3. The van der Waals surface area contributed by atoms with Crippen molar-refractivity contribution in [2.24, 2.45) is 11.1 Å². The summed E-state index contributed by atoms with van der Waals surface area (Å²) in [5.41, 5.74) is 5.46. The number of halogens is 2. The maximum Gasteiger partial charge on any atom is 0.159 e. The summed E-state index contributed by atoms with van der Waals surface area (Å²) in [6.45, 7) is 1.44. The number of aryl methyl sites for hydroxylation is 2. The Morgan fingerprint density at radius 1 is 0.970 bits per heavy atom. The summed E-state index contributed by atoms with van der Waals surface area (Å²) in [7, 11) is 1.48.